The van der Waals surface area contributed by atoms with Gasteiger partial charge in [0.2, 0.25) is 0 Å². The van der Waals surface area contributed by atoms with E-state index in [-0.39, 0.29) is 13.0 Å². The van der Waals surface area contributed by atoms with Gasteiger partial charge < -0.3 is 20.6 Å². The molecule has 0 saturated heterocycles. The molecule has 0 rings (SSSR count). The first kappa shape index (κ1) is 15.6. The van der Waals surface area contributed by atoms with E-state index in [0.717, 1.165) is 0 Å². The lowest BCUT2D eigenvalue weighted by molar-refractivity contribution is 0.196. The molecule has 0 aliphatic heterocycles. The lowest BCUT2D eigenvalue weighted by Gasteiger charge is -2.09. The van der Waals surface area contributed by atoms with Gasteiger partial charge in [-0.1, -0.05) is 0 Å². The second-order valence-corrected chi connectivity index (χ2v) is 4.18. The van der Waals surface area contributed by atoms with E-state index in [1.54, 1.807) is 0 Å². The molecule has 0 spiro atoms. The van der Waals surface area contributed by atoms with Crippen molar-refractivity contribution in [2.45, 2.75) is 12.3 Å². The zero-order valence-electron chi connectivity index (χ0n) is 6.52. The van der Waals surface area contributed by atoms with Crippen molar-refractivity contribution in [2.75, 3.05) is 6.54 Å². The standard InChI is InChI=1S/C3H10NO4P.HO3P/c4-2-1-3(5)9(6,7)8;1-4(2)3/h3,5H,1-2,4H2,(H2,6,7,8);(H-,1,2,3)/p+1. The second kappa shape index (κ2) is 7.49. The molecule has 0 aromatic rings. The molecule has 13 heavy (non-hydrogen) atoms. The first-order valence-electron chi connectivity index (χ1n) is 3.00. The van der Waals surface area contributed by atoms with E-state index < -0.39 is 21.7 Å². The number of nitrogens with two attached hydrogens (primary N) is 1. The van der Waals surface area contributed by atoms with E-state index in [2.05, 4.69) is 0 Å². The van der Waals surface area contributed by atoms with Crippen LogP contribution in [0.4, 0.5) is 0 Å². The van der Waals surface area contributed by atoms with Gasteiger partial charge >= 0.3 is 15.9 Å². The van der Waals surface area contributed by atoms with Crippen molar-refractivity contribution in [3.8, 4) is 0 Å². The number of hydrogen-bond donors (Lipinski definition) is 6. The van der Waals surface area contributed by atoms with Crippen LogP contribution in [-0.2, 0) is 9.13 Å². The van der Waals surface area contributed by atoms with Crippen LogP contribution >= 0.6 is 15.9 Å². The number of rotatable bonds is 3. The first-order chi connectivity index (χ1) is 5.71. The summed E-state index contributed by atoms with van der Waals surface area (Å²) >= 11 is 0. The van der Waals surface area contributed by atoms with Crippen LogP contribution in [0.5, 0.6) is 0 Å². The van der Waals surface area contributed by atoms with Crippen molar-refractivity contribution >= 4 is 15.9 Å². The fourth-order valence-electron chi connectivity index (χ4n) is 0.317. The molecule has 80 valence electrons. The van der Waals surface area contributed by atoms with Gasteiger partial charge in [0.05, 0.1) is 0 Å². The highest BCUT2D eigenvalue weighted by Gasteiger charge is 2.24. The van der Waals surface area contributed by atoms with Crippen LogP contribution in [0.2, 0.25) is 0 Å². The quantitative estimate of drug-likeness (QED) is 0.321. The third-order valence-electron chi connectivity index (χ3n) is 0.813. The predicted octanol–water partition coefficient (Wildman–Crippen LogP) is -1.54. The van der Waals surface area contributed by atoms with Gasteiger partial charge in [-0.15, -0.1) is 9.79 Å². The molecule has 0 radical (unpaired) electrons. The molecule has 0 amide bonds. The normalized spacial score (nSPS) is 12.8. The molecule has 1 atom stereocenters. The first-order valence-corrected chi connectivity index (χ1v) is 5.84. The van der Waals surface area contributed by atoms with Crippen LogP contribution in [0.25, 0.3) is 0 Å². The zero-order chi connectivity index (χ0) is 11.1. The largest absolute Gasteiger partial charge is 0.692 e. The summed E-state index contributed by atoms with van der Waals surface area (Å²) < 4.78 is 18.8. The Morgan fingerprint density at radius 2 is 1.69 bits per heavy atom. The lowest BCUT2D eigenvalue weighted by Crippen LogP contribution is -2.13. The summed E-state index contributed by atoms with van der Waals surface area (Å²) in [6, 6.07) is 0. The maximum Gasteiger partial charge on any atom is 0.692 e. The van der Waals surface area contributed by atoms with E-state index in [1.807, 2.05) is 0 Å². The number of aliphatic hydroxyl groups is 1. The summed E-state index contributed by atoms with van der Waals surface area (Å²) in [5.74, 6) is -1.59. The Hall–Kier alpha value is 0.0900. The Labute approximate surface area is 75.1 Å². The number of aliphatic hydroxyl groups excluding tert-OH is 1. The third-order valence-corrected chi connectivity index (χ3v) is 1.85. The van der Waals surface area contributed by atoms with Crippen LogP contribution in [0.15, 0.2) is 0 Å². The van der Waals surface area contributed by atoms with Crippen LogP contribution < -0.4 is 5.73 Å². The van der Waals surface area contributed by atoms with Gasteiger partial charge in [-0.05, 0) is 13.0 Å². The smallest absolute Gasteiger partial charge is 0.380 e. The average Bonchev–Trinajstić information content (AvgIpc) is 1.84. The molecule has 0 aromatic carbocycles. The van der Waals surface area contributed by atoms with Crippen molar-refractivity contribution in [3.05, 3.63) is 0 Å². The van der Waals surface area contributed by atoms with Gasteiger partial charge in [-0.25, -0.2) is 0 Å². The monoisotopic (exact) mass is 236 g/mol. The van der Waals surface area contributed by atoms with Crippen molar-refractivity contribution in [3.63, 3.8) is 0 Å². The van der Waals surface area contributed by atoms with Gasteiger partial charge in [-0.2, -0.15) is 0 Å². The minimum Gasteiger partial charge on any atom is -0.380 e. The van der Waals surface area contributed by atoms with Crippen LogP contribution in [0.1, 0.15) is 6.42 Å². The molecule has 0 saturated carbocycles. The second-order valence-electron chi connectivity index (χ2n) is 1.90. The SMILES string of the molecule is NCCC(O)P(=O)(O)O.O=[P+](O)O. The van der Waals surface area contributed by atoms with Crippen LogP contribution in [0.3, 0.4) is 0 Å². The summed E-state index contributed by atoms with van der Waals surface area (Å²) in [6.07, 6.45) is -0.0652. The molecule has 0 fully saturated rings. The Bertz CT molecular complexity index is 186. The van der Waals surface area contributed by atoms with E-state index in [0.29, 0.717) is 0 Å². The summed E-state index contributed by atoms with van der Waals surface area (Å²) in [5, 5.41) is 8.54. The highest BCUT2D eigenvalue weighted by Crippen LogP contribution is 2.40. The molecular weight excluding hydrogens is 224 g/mol. The van der Waals surface area contributed by atoms with Gasteiger partial charge in [0.1, 0.15) is 0 Å². The summed E-state index contributed by atoms with van der Waals surface area (Å²) in [6.45, 7) is 0.0757. The topological polar surface area (TPSA) is 161 Å². The van der Waals surface area contributed by atoms with Crippen molar-refractivity contribution < 1.29 is 33.8 Å². The molecule has 7 N–H and O–H groups in total. The maximum absolute atomic E-state index is 10.1. The molecular formula is C3H12NO7P2+. The van der Waals surface area contributed by atoms with Gasteiger partial charge in [-0.3, -0.25) is 4.57 Å². The predicted molar refractivity (Wildman–Crippen MR) is 43.8 cm³/mol. The third kappa shape index (κ3) is 14.9. The molecule has 0 aliphatic rings. The van der Waals surface area contributed by atoms with Crippen molar-refractivity contribution in [1.29, 1.82) is 0 Å². The van der Waals surface area contributed by atoms with E-state index in [9.17, 15) is 4.57 Å². The Kier molecular flexibility index (Phi) is 8.96. The van der Waals surface area contributed by atoms with Gasteiger partial charge in [0.25, 0.3) is 0 Å². The average molecular weight is 236 g/mol. The highest BCUT2D eigenvalue weighted by atomic mass is 31.2. The van der Waals surface area contributed by atoms with Crippen molar-refractivity contribution in [1.82, 2.24) is 0 Å². The van der Waals surface area contributed by atoms with Gasteiger partial charge in [0, 0.05) is 4.57 Å². The minimum atomic E-state index is -4.30. The van der Waals surface area contributed by atoms with E-state index in [1.165, 1.54) is 0 Å². The summed E-state index contributed by atoms with van der Waals surface area (Å²) in [4.78, 5) is 30.7. The highest BCUT2D eigenvalue weighted by molar-refractivity contribution is 7.52. The Morgan fingerprint density at radius 1 is 1.38 bits per heavy atom. The zero-order valence-corrected chi connectivity index (χ0v) is 8.30. The van der Waals surface area contributed by atoms with Crippen molar-refractivity contribution in [2.24, 2.45) is 5.73 Å². The molecule has 0 heterocycles. The summed E-state index contributed by atoms with van der Waals surface area (Å²) in [5.41, 5.74) is 4.92. The molecule has 1 unspecified atom stereocenters. The lowest BCUT2D eigenvalue weighted by atomic mass is 10.5. The molecule has 0 bridgehead atoms. The molecule has 10 heteroatoms. The Morgan fingerprint density at radius 3 is 1.77 bits per heavy atom. The van der Waals surface area contributed by atoms with Crippen LogP contribution in [0, 0.1) is 0 Å². The van der Waals surface area contributed by atoms with E-state index in [4.69, 9.17) is 35.0 Å². The van der Waals surface area contributed by atoms with E-state index >= 15 is 0 Å². The fraction of sp³-hybridized carbons (Fsp3) is 1.00. The molecule has 0 aromatic heterocycles. The summed E-state index contributed by atoms with van der Waals surface area (Å²) in [7, 11) is -7.17. The maximum atomic E-state index is 10.1. The minimum absolute atomic E-state index is 0.0652. The molecule has 8 nitrogen and oxygen atoms in total. The Balaban J connectivity index is 0. The number of hydrogen-bond acceptors (Lipinski definition) is 4. The molecule has 0 aliphatic carbocycles. The van der Waals surface area contributed by atoms with Crippen LogP contribution in [-0.4, -0.2) is 37.1 Å². The van der Waals surface area contributed by atoms with Gasteiger partial charge in [0.15, 0.2) is 5.85 Å². The fourth-order valence-corrected chi connectivity index (χ4v) is 0.803.